The third-order valence-electron chi connectivity index (χ3n) is 4.69. The van der Waals surface area contributed by atoms with Gasteiger partial charge in [0.1, 0.15) is 0 Å². The van der Waals surface area contributed by atoms with Crippen molar-refractivity contribution in [3.8, 4) is 0 Å². The molecule has 2 amide bonds. The number of carbonyl (C=O) groups is 2. The number of methoxy groups -OCH3 is 1. The van der Waals surface area contributed by atoms with E-state index in [4.69, 9.17) is 4.74 Å². The van der Waals surface area contributed by atoms with Gasteiger partial charge in [-0.05, 0) is 35.4 Å². The first-order chi connectivity index (χ1) is 14.7. The molecule has 0 saturated heterocycles. The standard InChI is InChI=1S/C25H26N2O3/c1-30-17-16-26-24(28)18-20-12-14-23(15-13-20)27(19-21-8-4-2-5-9-21)25(29)22-10-6-3-7-11-22/h2-15H,16-19H2,1H3,(H,26,28). The van der Waals surface area contributed by atoms with Gasteiger partial charge in [0, 0.05) is 24.9 Å². The molecule has 0 bridgehead atoms. The van der Waals surface area contributed by atoms with Crippen molar-refractivity contribution >= 4 is 17.5 Å². The van der Waals surface area contributed by atoms with Crippen LogP contribution in [0, 0.1) is 0 Å². The number of benzene rings is 3. The van der Waals surface area contributed by atoms with Crippen molar-refractivity contribution in [2.45, 2.75) is 13.0 Å². The van der Waals surface area contributed by atoms with Crippen molar-refractivity contribution in [3.63, 3.8) is 0 Å². The zero-order valence-corrected chi connectivity index (χ0v) is 17.1. The number of ether oxygens (including phenoxy) is 1. The molecule has 5 nitrogen and oxygen atoms in total. The van der Waals surface area contributed by atoms with Crippen LogP contribution in [-0.2, 0) is 22.5 Å². The quantitative estimate of drug-likeness (QED) is 0.553. The van der Waals surface area contributed by atoms with Crippen molar-refractivity contribution in [1.29, 1.82) is 0 Å². The molecule has 0 heterocycles. The summed E-state index contributed by atoms with van der Waals surface area (Å²) >= 11 is 0. The number of nitrogens with zero attached hydrogens (tertiary/aromatic N) is 1. The van der Waals surface area contributed by atoms with Crippen molar-refractivity contribution in [2.75, 3.05) is 25.2 Å². The van der Waals surface area contributed by atoms with Gasteiger partial charge in [-0.25, -0.2) is 0 Å². The lowest BCUT2D eigenvalue weighted by atomic mass is 10.1. The summed E-state index contributed by atoms with van der Waals surface area (Å²) in [5.41, 5.74) is 3.36. The van der Waals surface area contributed by atoms with Crippen LogP contribution in [0.3, 0.4) is 0 Å². The Hall–Kier alpha value is -3.44. The van der Waals surface area contributed by atoms with Gasteiger partial charge in [-0.1, -0.05) is 60.7 Å². The van der Waals surface area contributed by atoms with E-state index in [1.165, 1.54) is 0 Å². The highest BCUT2D eigenvalue weighted by Crippen LogP contribution is 2.21. The van der Waals surface area contributed by atoms with Crippen LogP contribution in [0.2, 0.25) is 0 Å². The molecule has 5 heteroatoms. The van der Waals surface area contributed by atoms with Crippen LogP contribution in [0.15, 0.2) is 84.9 Å². The van der Waals surface area contributed by atoms with Crippen LogP contribution >= 0.6 is 0 Å². The van der Waals surface area contributed by atoms with Crippen molar-refractivity contribution in [2.24, 2.45) is 0 Å². The molecule has 154 valence electrons. The fourth-order valence-corrected chi connectivity index (χ4v) is 3.12. The smallest absolute Gasteiger partial charge is 0.258 e. The maximum Gasteiger partial charge on any atom is 0.258 e. The monoisotopic (exact) mass is 402 g/mol. The largest absolute Gasteiger partial charge is 0.383 e. The summed E-state index contributed by atoms with van der Waals surface area (Å²) in [6, 6.07) is 26.7. The lowest BCUT2D eigenvalue weighted by Gasteiger charge is -2.23. The average molecular weight is 402 g/mol. The minimum absolute atomic E-state index is 0.0543. The second-order valence-corrected chi connectivity index (χ2v) is 6.93. The number of rotatable bonds is 9. The number of nitrogens with one attached hydrogen (secondary N) is 1. The molecule has 1 N–H and O–H groups in total. The van der Waals surface area contributed by atoms with E-state index in [1.807, 2.05) is 84.9 Å². The molecule has 0 fully saturated rings. The van der Waals surface area contributed by atoms with Gasteiger partial charge in [0.2, 0.25) is 5.91 Å². The Morgan fingerprint density at radius 1 is 0.833 bits per heavy atom. The fraction of sp³-hybridized carbons (Fsp3) is 0.200. The first-order valence-electron chi connectivity index (χ1n) is 9.93. The van der Waals surface area contributed by atoms with E-state index in [1.54, 1.807) is 12.0 Å². The molecule has 3 aromatic rings. The summed E-state index contributed by atoms with van der Waals surface area (Å²) in [7, 11) is 1.60. The van der Waals surface area contributed by atoms with E-state index >= 15 is 0 Å². The fourth-order valence-electron chi connectivity index (χ4n) is 3.12. The van der Waals surface area contributed by atoms with Crippen molar-refractivity contribution < 1.29 is 14.3 Å². The van der Waals surface area contributed by atoms with Gasteiger partial charge in [-0.3, -0.25) is 9.59 Å². The molecule has 0 aliphatic carbocycles. The second kappa shape index (κ2) is 10.9. The minimum atomic E-state index is -0.0653. The van der Waals surface area contributed by atoms with Crippen LogP contribution in [0.25, 0.3) is 0 Å². The Morgan fingerprint density at radius 3 is 2.10 bits per heavy atom. The Kier molecular flexibility index (Phi) is 7.75. The number of hydrogen-bond donors (Lipinski definition) is 1. The highest BCUT2D eigenvalue weighted by molar-refractivity contribution is 6.06. The maximum atomic E-state index is 13.2. The maximum absolute atomic E-state index is 13.2. The van der Waals surface area contributed by atoms with E-state index in [2.05, 4.69) is 5.32 Å². The summed E-state index contributed by atoms with van der Waals surface area (Å²) in [5.74, 6) is -0.120. The summed E-state index contributed by atoms with van der Waals surface area (Å²) in [4.78, 5) is 27.0. The van der Waals surface area contributed by atoms with Gasteiger partial charge in [-0.2, -0.15) is 0 Å². The zero-order valence-electron chi connectivity index (χ0n) is 17.1. The normalized spacial score (nSPS) is 10.4. The molecule has 0 spiro atoms. The van der Waals surface area contributed by atoms with Gasteiger partial charge in [0.15, 0.2) is 0 Å². The molecule has 0 radical (unpaired) electrons. The predicted molar refractivity (Wildman–Crippen MR) is 118 cm³/mol. The van der Waals surface area contributed by atoms with Gasteiger partial charge in [-0.15, -0.1) is 0 Å². The van der Waals surface area contributed by atoms with E-state index in [0.29, 0.717) is 25.3 Å². The van der Waals surface area contributed by atoms with Crippen LogP contribution < -0.4 is 10.2 Å². The SMILES string of the molecule is COCCNC(=O)Cc1ccc(N(Cc2ccccc2)C(=O)c2ccccc2)cc1. The van der Waals surface area contributed by atoms with Crippen LogP contribution in [0.5, 0.6) is 0 Å². The summed E-state index contributed by atoms with van der Waals surface area (Å²) in [5, 5.41) is 2.81. The lowest BCUT2D eigenvalue weighted by molar-refractivity contribution is -0.120. The molecule has 0 aliphatic rings. The molecular weight excluding hydrogens is 376 g/mol. The van der Waals surface area contributed by atoms with Gasteiger partial charge in [0.25, 0.3) is 5.91 Å². The molecule has 3 aromatic carbocycles. The minimum Gasteiger partial charge on any atom is -0.383 e. The molecule has 0 aromatic heterocycles. The number of amides is 2. The number of anilines is 1. The van der Waals surface area contributed by atoms with Crippen LogP contribution in [0.4, 0.5) is 5.69 Å². The van der Waals surface area contributed by atoms with Gasteiger partial charge in [0.05, 0.1) is 19.6 Å². The third kappa shape index (κ3) is 6.03. The molecule has 3 rings (SSSR count). The molecular formula is C25H26N2O3. The Bertz CT molecular complexity index is 941. The summed E-state index contributed by atoms with van der Waals surface area (Å²) in [6.45, 7) is 1.44. The average Bonchev–Trinajstić information content (AvgIpc) is 2.79. The van der Waals surface area contributed by atoms with Gasteiger partial charge < -0.3 is 15.0 Å². The Labute approximate surface area is 177 Å². The Morgan fingerprint density at radius 2 is 1.47 bits per heavy atom. The topological polar surface area (TPSA) is 58.6 Å². The van der Waals surface area contributed by atoms with Crippen LogP contribution in [0.1, 0.15) is 21.5 Å². The molecule has 0 atom stereocenters. The van der Waals surface area contributed by atoms with E-state index in [0.717, 1.165) is 16.8 Å². The lowest BCUT2D eigenvalue weighted by Crippen LogP contribution is -2.30. The molecule has 0 unspecified atom stereocenters. The van der Waals surface area contributed by atoms with Crippen LogP contribution in [-0.4, -0.2) is 32.1 Å². The first-order valence-corrected chi connectivity index (χ1v) is 9.93. The second-order valence-electron chi connectivity index (χ2n) is 6.93. The first kappa shape index (κ1) is 21.3. The van der Waals surface area contributed by atoms with Crippen molar-refractivity contribution in [1.82, 2.24) is 5.32 Å². The molecule has 0 aliphatic heterocycles. The highest BCUT2D eigenvalue weighted by Gasteiger charge is 2.18. The summed E-state index contributed by atoms with van der Waals surface area (Å²) in [6.07, 6.45) is 0.287. The predicted octanol–water partition coefficient (Wildman–Crippen LogP) is 3.84. The third-order valence-corrected chi connectivity index (χ3v) is 4.69. The summed E-state index contributed by atoms with van der Waals surface area (Å²) < 4.78 is 4.94. The van der Waals surface area contributed by atoms with Gasteiger partial charge >= 0.3 is 0 Å². The van der Waals surface area contributed by atoms with E-state index < -0.39 is 0 Å². The molecule has 0 saturated carbocycles. The Balaban J connectivity index is 1.77. The van der Waals surface area contributed by atoms with Crippen molar-refractivity contribution in [3.05, 3.63) is 102 Å². The van der Waals surface area contributed by atoms with E-state index in [9.17, 15) is 9.59 Å². The molecule has 30 heavy (non-hydrogen) atoms. The zero-order chi connectivity index (χ0) is 21.2. The van der Waals surface area contributed by atoms with E-state index in [-0.39, 0.29) is 18.2 Å². The number of hydrogen-bond acceptors (Lipinski definition) is 3. The highest BCUT2D eigenvalue weighted by atomic mass is 16.5. The number of carbonyl (C=O) groups excluding carboxylic acids is 2.